The second-order valence-electron chi connectivity index (χ2n) is 5.38. The SMILES string of the molecule is CC(C)SCC(=O)N1CCC(Cc2ccccn2)C1. The molecule has 1 unspecified atom stereocenters. The molecule has 1 atom stereocenters. The predicted octanol–water partition coefficient (Wildman–Crippen LogP) is 2.61. The highest BCUT2D eigenvalue weighted by Crippen LogP contribution is 2.21. The largest absolute Gasteiger partial charge is 0.342 e. The minimum absolute atomic E-state index is 0.294. The predicted molar refractivity (Wildman–Crippen MR) is 80.2 cm³/mol. The molecule has 2 heterocycles. The van der Waals surface area contributed by atoms with Crippen molar-refractivity contribution in [3.05, 3.63) is 30.1 Å². The molecule has 0 N–H and O–H groups in total. The minimum atomic E-state index is 0.294. The Balaban J connectivity index is 1.78. The standard InChI is InChI=1S/C15H22N2OS/c1-12(2)19-11-15(18)17-8-6-13(10-17)9-14-5-3-4-7-16-14/h3-5,7,12-13H,6,8-11H2,1-2H3. The Kier molecular flexibility index (Phi) is 5.25. The first-order valence-electron chi connectivity index (χ1n) is 6.94. The summed E-state index contributed by atoms with van der Waals surface area (Å²) in [7, 11) is 0. The number of rotatable bonds is 5. The van der Waals surface area contributed by atoms with Crippen LogP contribution in [-0.4, -0.2) is 39.9 Å². The quantitative estimate of drug-likeness (QED) is 0.830. The molecule has 0 bridgehead atoms. The van der Waals surface area contributed by atoms with E-state index in [2.05, 4.69) is 24.9 Å². The highest BCUT2D eigenvalue weighted by atomic mass is 32.2. The number of carbonyl (C=O) groups excluding carboxylic acids is 1. The van der Waals surface area contributed by atoms with Crippen LogP contribution in [-0.2, 0) is 11.2 Å². The Morgan fingerprint density at radius 2 is 2.37 bits per heavy atom. The van der Waals surface area contributed by atoms with Crippen molar-refractivity contribution in [3.63, 3.8) is 0 Å². The minimum Gasteiger partial charge on any atom is -0.342 e. The van der Waals surface area contributed by atoms with Crippen molar-refractivity contribution in [2.75, 3.05) is 18.8 Å². The van der Waals surface area contributed by atoms with Crippen molar-refractivity contribution in [1.29, 1.82) is 0 Å². The van der Waals surface area contributed by atoms with Crippen molar-refractivity contribution in [1.82, 2.24) is 9.88 Å². The van der Waals surface area contributed by atoms with Gasteiger partial charge < -0.3 is 4.90 Å². The molecule has 3 nitrogen and oxygen atoms in total. The summed E-state index contributed by atoms with van der Waals surface area (Å²) in [6, 6.07) is 6.04. The van der Waals surface area contributed by atoms with Gasteiger partial charge in [-0.2, -0.15) is 0 Å². The van der Waals surface area contributed by atoms with Crippen molar-refractivity contribution in [3.8, 4) is 0 Å². The van der Waals surface area contributed by atoms with Gasteiger partial charge in [0, 0.05) is 25.0 Å². The molecule has 1 saturated heterocycles. The van der Waals surface area contributed by atoms with E-state index in [4.69, 9.17) is 0 Å². The monoisotopic (exact) mass is 278 g/mol. The van der Waals surface area contributed by atoms with Crippen molar-refractivity contribution >= 4 is 17.7 Å². The highest BCUT2D eigenvalue weighted by Gasteiger charge is 2.26. The molecule has 1 aromatic rings. The zero-order chi connectivity index (χ0) is 13.7. The fraction of sp³-hybridized carbons (Fsp3) is 0.600. The molecule has 1 aliphatic rings. The van der Waals surface area contributed by atoms with Crippen LogP contribution in [0.15, 0.2) is 24.4 Å². The molecule has 1 aromatic heterocycles. The first-order valence-corrected chi connectivity index (χ1v) is 7.99. The molecule has 1 amide bonds. The Morgan fingerprint density at radius 3 is 3.05 bits per heavy atom. The van der Waals surface area contributed by atoms with Crippen molar-refractivity contribution in [2.24, 2.45) is 5.92 Å². The lowest BCUT2D eigenvalue weighted by Gasteiger charge is -2.17. The summed E-state index contributed by atoms with van der Waals surface area (Å²) in [6.45, 7) is 6.07. The lowest BCUT2D eigenvalue weighted by atomic mass is 10.0. The van der Waals surface area contributed by atoms with Crippen LogP contribution in [0.3, 0.4) is 0 Å². The van der Waals surface area contributed by atoms with Crippen molar-refractivity contribution in [2.45, 2.75) is 31.9 Å². The maximum absolute atomic E-state index is 12.0. The van der Waals surface area contributed by atoms with E-state index in [0.29, 0.717) is 22.8 Å². The lowest BCUT2D eigenvalue weighted by molar-refractivity contribution is -0.127. The number of thioether (sulfide) groups is 1. The van der Waals surface area contributed by atoms with Gasteiger partial charge in [0.05, 0.1) is 5.75 Å². The molecular weight excluding hydrogens is 256 g/mol. The lowest BCUT2D eigenvalue weighted by Crippen LogP contribution is -2.30. The molecule has 0 radical (unpaired) electrons. The number of likely N-dealkylation sites (tertiary alicyclic amines) is 1. The Morgan fingerprint density at radius 1 is 1.53 bits per heavy atom. The van der Waals surface area contributed by atoms with Crippen LogP contribution in [0, 0.1) is 5.92 Å². The number of pyridine rings is 1. The Hall–Kier alpha value is -1.03. The van der Waals surface area contributed by atoms with Gasteiger partial charge >= 0.3 is 0 Å². The van der Waals surface area contributed by atoms with Crippen LogP contribution in [0.25, 0.3) is 0 Å². The fourth-order valence-electron chi connectivity index (χ4n) is 2.37. The number of amides is 1. The third-order valence-electron chi connectivity index (χ3n) is 3.40. The maximum atomic E-state index is 12.0. The van der Waals surface area contributed by atoms with Crippen LogP contribution in [0.4, 0.5) is 0 Å². The topological polar surface area (TPSA) is 33.2 Å². The van der Waals surface area contributed by atoms with Gasteiger partial charge in [0.15, 0.2) is 0 Å². The summed E-state index contributed by atoms with van der Waals surface area (Å²) < 4.78 is 0. The molecule has 1 fully saturated rings. The van der Waals surface area contributed by atoms with Crippen LogP contribution < -0.4 is 0 Å². The van der Waals surface area contributed by atoms with Crippen LogP contribution in [0.2, 0.25) is 0 Å². The average Bonchev–Trinajstić information content (AvgIpc) is 2.85. The number of nitrogens with zero attached hydrogens (tertiary/aromatic N) is 2. The zero-order valence-electron chi connectivity index (χ0n) is 11.7. The molecule has 104 valence electrons. The van der Waals surface area contributed by atoms with Crippen molar-refractivity contribution < 1.29 is 4.79 Å². The van der Waals surface area contributed by atoms with Gasteiger partial charge in [0.2, 0.25) is 5.91 Å². The molecule has 0 saturated carbocycles. The summed E-state index contributed by atoms with van der Waals surface area (Å²) in [6.07, 6.45) is 3.93. The van der Waals surface area contributed by atoms with Gasteiger partial charge in [-0.1, -0.05) is 19.9 Å². The molecule has 2 rings (SSSR count). The third kappa shape index (κ3) is 4.53. The van der Waals surface area contributed by atoms with E-state index in [9.17, 15) is 4.79 Å². The smallest absolute Gasteiger partial charge is 0.232 e. The first kappa shape index (κ1) is 14.4. The summed E-state index contributed by atoms with van der Waals surface area (Å²) in [5.74, 6) is 1.48. The molecular formula is C15H22N2OS. The number of carbonyl (C=O) groups is 1. The van der Waals surface area contributed by atoms with Gasteiger partial charge in [-0.15, -0.1) is 11.8 Å². The van der Waals surface area contributed by atoms with Gasteiger partial charge in [-0.25, -0.2) is 0 Å². The van der Waals surface area contributed by atoms with E-state index in [1.807, 2.05) is 23.2 Å². The molecule has 4 heteroatoms. The van der Waals surface area contributed by atoms with E-state index in [1.165, 1.54) is 0 Å². The van der Waals surface area contributed by atoms with Crippen LogP contribution in [0.5, 0.6) is 0 Å². The fourth-order valence-corrected chi connectivity index (χ4v) is 3.03. The second-order valence-corrected chi connectivity index (χ2v) is 6.94. The summed E-state index contributed by atoms with van der Waals surface area (Å²) >= 11 is 1.73. The Labute approximate surface area is 119 Å². The third-order valence-corrected chi connectivity index (χ3v) is 4.48. The second kappa shape index (κ2) is 6.94. The van der Waals surface area contributed by atoms with E-state index >= 15 is 0 Å². The molecule has 19 heavy (non-hydrogen) atoms. The zero-order valence-corrected chi connectivity index (χ0v) is 12.5. The first-order chi connectivity index (χ1) is 9.15. The molecule has 0 aromatic carbocycles. The van der Waals surface area contributed by atoms with Crippen LogP contribution >= 0.6 is 11.8 Å². The molecule has 0 spiro atoms. The van der Waals surface area contributed by atoms with E-state index in [1.54, 1.807) is 11.8 Å². The number of hydrogen-bond donors (Lipinski definition) is 0. The van der Waals surface area contributed by atoms with Gasteiger partial charge in [-0.05, 0) is 36.1 Å². The molecule has 0 aliphatic carbocycles. The number of aromatic nitrogens is 1. The normalized spacial score (nSPS) is 19.1. The van der Waals surface area contributed by atoms with Gasteiger partial charge in [0.1, 0.15) is 0 Å². The molecule has 1 aliphatic heterocycles. The van der Waals surface area contributed by atoms with E-state index < -0.39 is 0 Å². The number of hydrogen-bond acceptors (Lipinski definition) is 3. The summed E-state index contributed by atoms with van der Waals surface area (Å²) in [5, 5.41) is 0.524. The van der Waals surface area contributed by atoms with E-state index in [0.717, 1.165) is 31.6 Å². The highest BCUT2D eigenvalue weighted by molar-refractivity contribution is 8.00. The Bertz CT molecular complexity index is 408. The van der Waals surface area contributed by atoms with Gasteiger partial charge in [-0.3, -0.25) is 9.78 Å². The average molecular weight is 278 g/mol. The van der Waals surface area contributed by atoms with Gasteiger partial charge in [0.25, 0.3) is 0 Å². The summed E-state index contributed by atoms with van der Waals surface area (Å²) in [4.78, 5) is 18.4. The van der Waals surface area contributed by atoms with E-state index in [-0.39, 0.29) is 0 Å². The maximum Gasteiger partial charge on any atom is 0.232 e. The van der Waals surface area contributed by atoms with Crippen LogP contribution in [0.1, 0.15) is 26.0 Å². The summed E-state index contributed by atoms with van der Waals surface area (Å²) in [5.41, 5.74) is 1.14.